The molecule has 1 amide bonds. The van der Waals surface area contributed by atoms with Gasteiger partial charge in [0.25, 0.3) is 0 Å². The van der Waals surface area contributed by atoms with E-state index < -0.39 is 16.0 Å². The number of pyridine rings is 1. The number of carbonyl (C=O) groups excluding carboxylic acids is 1. The van der Waals surface area contributed by atoms with Crippen molar-refractivity contribution in [3.05, 3.63) is 42.5 Å². The second kappa shape index (κ2) is 6.33. The summed E-state index contributed by atoms with van der Waals surface area (Å²) in [5.74, 6) is 0.290. The molecule has 0 aliphatic rings. The Morgan fingerprint density at radius 2 is 2.30 bits per heavy atom. The van der Waals surface area contributed by atoms with Crippen molar-refractivity contribution in [1.29, 1.82) is 0 Å². The molecule has 0 aromatic carbocycles. The van der Waals surface area contributed by atoms with Crippen molar-refractivity contribution in [2.75, 3.05) is 5.73 Å². The van der Waals surface area contributed by atoms with Gasteiger partial charge in [-0.2, -0.15) is 0 Å². The molecule has 3 N–H and O–H groups in total. The molecule has 2 atom stereocenters. The lowest BCUT2D eigenvalue weighted by Crippen LogP contribution is -2.35. The van der Waals surface area contributed by atoms with Crippen LogP contribution in [0.3, 0.4) is 0 Å². The number of carbonyl (C=O) groups is 1. The van der Waals surface area contributed by atoms with Gasteiger partial charge in [-0.3, -0.25) is 9.00 Å². The number of rotatable bonds is 5. The van der Waals surface area contributed by atoms with Gasteiger partial charge in [0.15, 0.2) is 5.03 Å². The van der Waals surface area contributed by atoms with E-state index in [1.807, 2.05) is 0 Å². The largest absolute Gasteiger partial charge is 0.467 e. The number of amides is 1. The van der Waals surface area contributed by atoms with Crippen LogP contribution in [0.1, 0.15) is 12.7 Å². The van der Waals surface area contributed by atoms with Crippen molar-refractivity contribution in [3.63, 3.8) is 0 Å². The predicted molar refractivity (Wildman–Crippen MR) is 75.1 cm³/mol. The highest BCUT2D eigenvalue weighted by Crippen LogP contribution is 2.15. The molecule has 20 heavy (non-hydrogen) atoms. The quantitative estimate of drug-likeness (QED) is 0.859. The number of aromatic nitrogens is 1. The summed E-state index contributed by atoms with van der Waals surface area (Å²) in [5.41, 5.74) is 6.02. The molecule has 0 spiro atoms. The number of nitrogens with one attached hydrogen (secondary N) is 1. The van der Waals surface area contributed by atoms with Crippen molar-refractivity contribution in [2.45, 2.75) is 23.7 Å². The van der Waals surface area contributed by atoms with Crippen molar-refractivity contribution >= 4 is 22.4 Å². The van der Waals surface area contributed by atoms with E-state index in [9.17, 15) is 9.00 Å². The zero-order valence-electron chi connectivity index (χ0n) is 10.9. The maximum atomic E-state index is 12.3. The highest BCUT2D eigenvalue weighted by atomic mass is 32.2. The van der Waals surface area contributed by atoms with E-state index in [2.05, 4.69) is 10.3 Å². The Bertz CT molecular complexity index is 613. The molecule has 2 unspecified atom stereocenters. The third-order valence-corrected chi connectivity index (χ3v) is 4.28. The average Bonchev–Trinajstić information content (AvgIpc) is 2.97. The van der Waals surface area contributed by atoms with Gasteiger partial charge in [0, 0.05) is 6.20 Å². The molecule has 2 aromatic heterocycles. The number of hydrogen-bond acceptors (Lipinski definition) is 5. The minimum atomic E-state index is -1.60. The molecule has 0 bridgehead atoms. The lowest BCUT2D eigenvalue weighted by atomic mass is 10.4. The summed E-state index contributed by atoms with van der Waals surface area (Å²) in [5, 5.41) is 2.14. The Balaban J connectivity index is 1.99. The smallest absolute Gasteiger partial charge is 0.236 e. The first-order chi connectivity index (χ1) is 9.59. The van der Waals surface area contributed by atoms with Crippen molar-refractivity contribution in [1.82, 2.24) is 10.3 Å². The van der Waals surface area contributed by atoms with Gasteiger partial charge in [0.1, 0.15) is 11.0 Å². The Kier molecular flexibility index (Phi) is 4.52. The van der Waals surface area contributed by atoms with E-state index in [4.69, 9.17) is 10.2 Å². The molecule has 6 nitrogen and oxygen atoms in total. The van der Waals surface area contributed by atoms with Gasteiger partial charge in [-0.05, 0) is 31.2 Å². The van der Waals surface area contributed by atoms with Crippen LogP contribution < -0.4 is 11.1 Å². The van der Waals surface area contributed by atoms with Crippen LogP contribution in [-0.2, 0) is 22.1 Å². The summed E-state index contributed by atoms with van der Waals surface area (Å²) < 4.78 is 17.4. The monoisotopic (exact) mass is 293 g/mol. The van der Waals surface area contributed by atoms with Crippen molar-refractivity contribution in [2.24, 2.45) is 0 Å². The third kappa shape index (κ3) is 3.24. The highest BCUT2D eigenvalue weighted by molar-refractivity contribution is 7.86. The van der Waals surface area contributed by atoms with Gasteiger partial charge >= 0.3 is 0 Å². The molecular weight excluding hydrogens is 278 g/mol. The van der Waals surface area contributed by atoms with E-state index in [1.165, 1.54) is 12.5 Å². The van der Waals surface area contributed by atoms with Crippen LogP contribution >= 0.6 is 0 Å². The number of anilines is 1. The number of hydrogen-bond donors (Lipinski definition) is 2. The minimum Gasteiger partial charge on any atom is -0.467 e. The van der Waals surface area contributed by atoms with Crippen molar-refractivity contribution < 1.29 is 13.4 Å². The van der Waals surface area contributed by atoms with Crippen LogP contribution in [0.4, 0.5) is 5.69 Å². The number of nitrogens with two attached hydrogens (primary N) is 1. The van der Waals surface area contributed by atoms with Gasteiger partial charge in [0.05, 0.1) is 29.3 Å². The fourth-order valence-corrected chi connectivity index (χ4v) is 2.64. The van der Waals surface area contributed by atoms with E-state index in [-0.39, 0.29) is 17.5 Å². The third-order valence-electron chi connectivity index (χ3n) is 2.70. The zero-order valence-corrected chi connectivity index (χ0v) is 11.7. The molecule has 0 radical (unpaired) electrons. The second-order valence-corrected chi connectivity index (χ2v) is 5.82. The van der Waals surface area contributed by atoms with Crippen LogP contribution in [0.2, 0.25) is 0 Å². The maximum absolute atomic E-state index is 12.3. The van der Waals surface area contributed by atoms with Gasteiger partial charge < -0.3 is 15.5 Å². The van der Waals surface area contributed by atoms with Gasteiger partial charge in [-0.25, -0.2) is 4.98 Å². The van der Waals surface area contributed by atoms with Crippen LogP contribution in [0.25, 0.3) is 0 Å². The molecule has 2 heterocycles. The number of nitrogens with zero attached hydrogens (tertiary/aromatic N) is 1. The molecule has 0 aliphatic carbocycles. The fraction of sp³-hybridized carbons (Fsp3) is 0.231. The summed E-state index contributed by atoms with van der Waals surface area (Å²) in [6.45, 7) is 1.83. The molecule has 106 valence electrons. The SMILES string of the molecule is CC(C(=O)NCc1ccco1)S(=O)c1ncccc1N. The van der Waals surface area contributed by atoms with Gasteiger partial charge in [-0.1, -0.05) is 0 Å². The lowest BCUT2D eigenvalue weighted by molar-refractivity contribution is -0.120. The Morgan fingerprint density at radius 3 is 2.95 bits per heavy atom. The summed E-state index contributed by atoms with van der Waals surface area (Å²) in [6, 6.07) is 6.74. The minimum absolute atomic E-state index is 0.230. The summed E-state index contributed by atoms with van der Waals surface area (Å²) in [7, 11) is -1.60. The Labute approximate surface area is 118 Å². The van der Waals surface area contributed by atoms with Crippen molar-refractivity contribution in [3.8, 4) is 0 Å². The summed E-state index contributed by atoms with van der Waals surface area (Å²) >= 11 is 0. The summed E-state index contributed by atoms with van der Waals surface area (Å²) in [4.78, 5) is 15.9. The molecule has 0 saturated heterocycles. The summed E-state index contributed by atoms with van der Waals surface area (Å²) in [6.07, 6.45) is 3.02. The predicted octanol–water partition coefficient (Wildman–Crippen LogP) is 1.07. The normalized spacial score (nSPS) is 13.7. The fourth-order valence-electron chi connectivity index (χ4n) is 1.57. The lowest BCUT2D eigenvalue weighted by Gasteiger charge is -2.12. The van der Waals surface area contributed by atoms with Gasteiger partial charge in [0.2, 0.25) is 5.91 Å². The first-order valence-corrected chi connectivity index (χ1v) is 7.22. The Hall–Kier alpha value is -2.15. The first kappa shape index (κ1) is 14.3. The molecule has 0 fully saturated rings. The zero-order chi connectivity index (χ0) is 14.5. The van der Waals surface area contributed by atoms with E-state index in [0.29, 0.717) is 11.4 Å². The number of furan rings is 1. The van der Waals surface area contributed by atoms with E-state index in [1.54, 1.807) is 31.2 Å². The Morgan fingerprint density at radius 1 is 1.50 bits per heavy atom. The molecule has 7 heteroatoms. The molecule has 0 aliphatic heterocycles. The van der Waals surface area contributed by atoms with E-state index >= 15 is 0 Å². The van der Waals surface area contributed by atoms with E-state index in [0.717, 1.165) is 0 Å². The maximum Gasteiger partial charge on any atom is 0.236 e. The van der Waals surface area contributed by atoms with Crippen LogP contribution in [-0.4, -0.2) is 20.3 Å². The second-order valence-electron chi connectivity index (χ2n) is 4.13. The topological polar surface area (TPSA) is 98.2 Å². The molecule has 2 aromatic rings. The molecule has 0 saturated carbocycles. The van der Waals surface area contributed by atoms with Crippen LogP contribution in [0, 0.1) is 0 Å². The molecule has 2 rings (SSSR count). The molecular formula is C13H15N3O3S. The van der Waals surface area contributed by atoms with Crippen LogP contribution in [0.15, 0.2) is 46.2 Å². The number of nitrogen functional groups attached to an aromatic ring is 1. The highest BCUT2D eigenvalue weighted by Gasteiger charge is 2.23. The first-order valence-electron chi connectivity index (χ1n) is 6.00. The standard InChI is InChI=1S/C13H15N3O3S/c1-9(12(17)16-8-10-4-3-7-19-10)20(18)13-11(14)5-2-6-15-13/h2-7,9H,8,14H2,1H3,(H,16,17). The average molecular weight is 293 g/mol. The van der Waals surface area contributed by atoms with Gasteiger partial charge in [-0.15, -0.1) is 0 Å². The van der Waals surface area contributed by atoms with Crippen LogP contribution in [0.5, 0.6) is 0 Å².